The Morgan fingerprint density at radius 1 is 1.23 bits per heavy atom. The summed E-state index contributed by atoms with van der Waals surface area (Å²) in [6.07, 6.45) is 9.42. The van der Waals surface area contributed by atoms with Crippen LogP contribution in [0.3, 0.4) is 0 Å². The molecule has 13 heavy (non-hydrogen) atoms. The molecule has 1 aliphatic rings. The SMILES string of the molecule is CCCCCCSC1CCCCO1. The summed E-state index contributed by atoms with van der Waals surface area (Å²) in [4.78, 5) is 0. The number of rotatable bonds is 6. The number of thioether (sulfide) groups is 1. The van der Waals surface area contributed by atoms with E-state index in [1.54, 1.807) is 0 Å². The normalized spacial score (nSPS) is 23.3. The van der Waals surface area contributed by atoms with Crippen molar-refractivity contribution in [2.75, 3.05) is 12.4 Å². The highest BCUT2D eigenvalue weighted by Crippen LogP contribution is 2.24. The summed E-state index contributed by atoms with van der Waals surface area (Å²) in [6, 6.07) is 0. The summed E-state index contributed by atoms with van der Waals surface area (Å²) in [7, 11) is 0. The molecule has 0 spiro atoms. The Bertz CT molecular complexity index is 111. The van der Waals surface area contributed by atoms with Gasteiger partial charge in [0, 0.05) is 6.61 Å². The van der Waals surface area contributed by atoms with E-state index in [9.17, 15) is 0 Å². The highest BCUT2D eigenvalue weighted by Gasteiger charge is 2.12. The van der Waals surface area contributed by atoms with Crippen LogP contribution in [-0.4, -0.2) is 17.8 Å². The molecule has 2 heteroatoms. The van der Waals surface area contributed by atoms with Crippen LogP contribution in [0.1, 0.15) is 51.9 Å². The monoisotopic (exact) mass is 202 g/mol. The van der Waals surface area contributed by atoms with Crippen molar-refractivity contribution in [1.29, 1.82) is 0 Å². The topological polar surface area (TPSA) is 9.23 Å². The molecule has 1 saturated heterocycles. The van der Waals surface area contributed by atoms with Gasteiger partial charge >= 0.3 is 0 Å². The third-order valence-electron chi connectivity index (χ3n) is 2.44. The zero-order chi connectivity index (χ0) is 9.36. The Morgan fingerprint density at radius 3 is 2.85 bits per heavy atom. The molecule has 0 aliphatic carbocycles. The quantitative estimate of drug-likeness (QED) is 0.605. The highest BCUT2D eigenvalue weighted by molar-refractivity contribution is 7.99. The third kappa shape index (κ3) is 5.58. The number of hydrogen-bond donors (Lipinski definition) is 0. The average molecular weight is 202 g/mol. The van der Waals surface area contributed by atoms with Crippen molar-refractivity contribution in [3.8, 4) is 0 Å². The molecule has 0 amide bonds. The largest absolute Gasteiger partial charge is 0.368 e. The van der Waals surface area contributed by atoms with Crippen LogP contribution >= 0.6 is 11.8 Å². The first-order valence-corrected chi connectivity index (χ1v) is 6.71. The summed E-state index contributed by atoms with van der Waals surface area (Å²) >= 11 is 2.03. The van der Waals surface area contributed by atoms with E-state index in [0.717, 1.165) is 6.61 Å². The van der Waals surface area contributed by atoms with Crippen molar-refractivity contribution in [3.05, 3.63) is 0 Å². The van der Waals surface area contributed by atoms with Gasteiger partial charge in [-0.3, -0.25) is 0 Å². The van der Waals surface area contributed by atoms with E-state index in [2.05, 4.69) is 6.92 Å². The first-order valence-electron chi connectivity index (χ1n) is 5.66. The first-order chi connectivity index (χ1) is 6.43. The predicted octanol–water partition coefficient (Wildman–Crippen LogP) is 3.83. The Kier molecular flexibility index (Phi) is 6.73. The molecule has 0 saturated carbocycles. The number of unbranched alkanes of at least 4 members (excludes halogenated alkanes) is 3. The molecule has 1 rings (SSSR count). The Morgan fingerprint density at radius 2 is 2.15 bits per heavy atom. The van der Waals surface area contributed by atoms with Crippen molar-refractivity contribution < 1.29 is 4.74 Å². The molecule has 1 fully saturated rings. The Labute approximate surface area is 86.6 Å². The maximum absolute atomic E-state index is 5.65. The summed E-state index contributed by atoms with van der Waals surface area (Å²) in [5, 5.41) is 0. The zero-order valence-electron chi connectivity index (χ0n) is 8.76. The second-order valence-corrected chi connectivity index (χ2v) is 4.99. The molecule has 78 valence electrons. The van der Waals surface area contributed by atoms with E-state index in [0.29, 0.717) is 5.44 Å². The van der Waals surface area contributed by atoms with Gasteiger partial charge in [-0.1, -0.05) is 26.2 Å². The highest BCUT2D eigenvalue weighted by atomic mass is 32.2. The molecule has 0 aromatic carbocycles. The van der Waals surface area contributed by atoms with Crippen LogP contribution in [0, 0.1) is 0 Å². The molecule has 0 aromatic heterocycles. The summed E-state index contributed by atoms with van der Waals surface area (Å²) in [6.45, 7) is 3.25. The molecule has 1 nitrogen and oxygen atoms in total. The van der Waals surface area contributed by atoms with Gasteiger partial charge in [0.25, 0.3) is 0 Å². The van der Waals surface area contributed by atoms with E-state index < -0.39 is 0 Å². The minimum atomic E-state index is 0.523. The van der Waals surface area contributed by atoms with Crippen molar-refractivity contribution in [2.24, 2.45) is 0 Å². The van der Waals surface area contributed by atoms with Gasteiger partial charge in [0.05, 0.1) is 0 Å². The fraction of sp³-hybridized carbons (Fsp3) is 1.00. The fourth-order valence-corrected chi connectivity index (χ4v) is 2.75. The molecule has 1 aliphatic heterocycles. The number of hydrogen-bond acceptors (Lipinski definition) is 2. The molecule has 1 unspecified atom stereocenters. The summed E-state index contributed by atoms with van der Waals surface area (Å²) < 4.78 is 5.65. The molecule has 1 atom stereocenters. The summed E-state index contributed by atoms with van der Waals surface area (Å²) in [5.74, 6) is 1.30. The zero-order valence-corrected chi connectivity index (χ0v) is 9.57. The molecule has 0 radical (unpaired) electrons. The molecule has 0 N–H and O–H groups in total. The maximum Gasteiger partial charge on any atom is 0.103 e. The minimum absolute atomic E-state index is 0.523. The van der Waals surface area contributed by atoms with Crippen LogP contribution in [0.25, 0.3) is 0 Å². The first kappa shape index (κ1) is 11.4. The van der Waals surface area contributed by atoms with Crippen molar-refractivity contribution in [3.63, 3.8) is 0 Å². The van der Waals surface area contributed by atoms with Gasteiger partial charge in [-0.15, -0.1) is 11.8 Å². The van der Waals surface area contributed by atoms with E-state index in [1.807, 2.05) is 11.8 Å². The van der Waals surface area contributed by atoms with Gasteiger partial charge in [-0.2, -0.15) is 0 Å². The smallest absolute Gasteiger partial charge is 0.103 e. The molecule has 0 bridgehead atoms. The molecular weight excluding hydrogens is 180 g/mol. The minimum Gasteiger partial charge on any atom is -0.368 e. The molecular formula is C11H22OS. The van der Waals surface area contributed by atoms with E-state index in [1.165, 1.54) is 50.7 Å². The third-order valence-corrected chi connectivity index (χ3v) is 3.71. The van der Waals surface area contributed by atoms with Crippen molar-refractivity contribution in [2.45, 2.75) is 57.3 Å². The van der Waals surface area contributed by atoms with Crippen LogP contribution < -0.4 is 0 Å². The second kappa shape index (κ2) is 7.69. The Balaban J connectivity index is 1.86. The molecule has 1 heterocycles. The van der Waals surface area contributed by atoms with Crippen LogP contribution in [0.5, 0.6) is 0 Å². The van der Waals surface area contributed by atoms with Crippen LogP contribution in [-0.2, 0) is 4.74 Å². The predicted molar refractivity (Wildman–Crippen MR) is 60.2 cm³/mol. The van der Waals surface area contributed by atoms with Gasteiger partial charge in [-0.25, -0.2) is 0 Å². The van der Waals surface area contributed by atoms with Gasteiger partial charge in [-0.05, 0) is 31.4 Å². The van der Waals surface area contributed by atoms with Crippen LogP contribution in [0.15, 0.2) is 0 Å². The van der Waals surface area contributed by atoms with E-state index >= 15 is 0 Å². The summed E-state index contributed by atoms with van der Waals surface area (Å²) in [5.41, 5.74) is 0.523. The van der Waals surface area contributed by atoms with Crippen LogP contribution in [0.4, 0.5) is 0 Å². The van der Waals surface area contributed by atoms with Gasteiger partial charge < -0.3 is 4.74 Å². The second-order valence-electron chi connectivity index (χ2n) is 3.73. The van der Waals surface area contributed by atoms with Crippen molar-refractivity contribution >= 4 is 11.8 Å². The van der Waals surface area contributed by atoms with Gasteiger partial charge in [0.1, 0.15) is 5.44 Å². The number of ether oxygens (including phenoxy) is 1. The lowest BCUT2D eigenvalue weighted by Crippen LogP contribution is -2.15. The van der Waals surface area contributed by atoms with Gasteiger partial charge in [0.15, 0.2) is 0 Å². The molecule has 0 aromatic rings. The van der Waals surface area contributed by atoms with E-state index in [-0.39, 0.29) is 0 Å². The average Bonchev–Trinajstić information content (AvgIpc) is 2.19. The lowest BCUT2D eigenvalue weighted by Gasteiger charge is -2.21. The van der Waals surface area contributed by atoms with E-state index in [4.69, 9.17) is 4.74 Å². The van der Waals surface area contributed by atoms with Crippen LogP contribution in [0.2, 0.25) is 0 Å². The van der Waals surface area contributed by atoms with Crippen molar-refractivity contribution in [1.82, 2.24) is 0 Å². The fourth-order valence-electron chi connectivity index (χ4n) is 1.59. The lowest BCUT2D eigenvalue weighted by molar-refractivity contribution is 0.0728. The lowest BCUT2D eigenvalue weighted by atomic mass is 10.2. The van der Waals surface area contributed by atoms with Gasteiger partial charge in [0.2, 0.25) is 0 Å². The standard InChI is InChI=1S/C11H22OS/c1-2-3-4-7-10-13-11-8-5-6-9-12-11/h11H,2-10H2,1H3. The maximum atomic E-state index is 5.65. The Hall–Kier alpha value is 0.310.